The Morgan fingerprint density at radius 1 is 1.36 bits per heavy atom. The van der Waals surface area contributed by atoms with Gasteiger partial charge in [-0.25, -0.2) is 13.9 Å². The van der Waals surface area contributed by atoms with Crippen molar-refractivity contribution in [1.82, 2.24) is 14.7 Å². The molecule has 6 nitrogen and oxygen atoms in total. The number of carbonyl (C=O) groups excluding carboxylic acids is 1. The number of carbonyl (C=O) groups is 2. The predicted molar refractivity (Wildman–Crippen MR) is 89.5 cm³/mol. The number of aliphatic carboxylic acids is 1. The standard InChI is InChI=1S/C18H20FN3O3/c1-10-7-8-15(13(19)9-10)22-14-6-4-5-12(14)16(20-22)17(23)21(3)11(2)18(24)25/h7-9,11H,4-6H2,1-3H3,(H,24,25). The van der Waals surface area contributed by atoms with E-state index < -0.39 is 23.7 Å². The monoisotopic (exact) mass is 345 g/mol. The lowest BCUT2D eigenvalue weighted by Crippen LogP contribution is -2.40. The number of carboxylic acid groups (broad SMARTS) is 1. The number of hydrogen-bond acceptors (Lipinski definition) is 3. The Bertz CT molecular complexity index is 859. The summed E-state index contributed by atoms with van der Waals surface area (Å²) >= 11 is 0. The van der Waals surface area contributed by atoms with Crippen LogP contribution in [0.3, 0.4) is 0 Å². The molecule has 2 aromatic rings. The second-order valence-corrected chi connectivity index (χ2v) is 6.42. The SMILES string of the molecule is Cc1ccc(-n2nc(C(=O)N(C)C(C)C(=O)O)c3c2CCC3)c(F)c1. The third-order valence-electron chi connectivity index (χ3n) is 4.72. The van der Waals surface area contributed by atoms with Crippen LogP contribution < -0.4 is 0 Å². The minimum atomic E-state index is -1.09. The minimum absolute atomic E-state index is 0.211. The maximum atomic E-state index is 14.4. The van der Waals surface area contributed by atoms with Gasteiger partial charge in [0.15, 0.2) is 5.69 Å². The summed E-state index contributed by atoms with van der Waals surface area (Å²) in [4.78, 5) is 25.0. The molecule has 1 aliphatic carbocycles. The van der Waals surface area contributed by atoms with Crippen molar-refractivity contribution in [2.24, 2.45) is 0 Å². The van der Waals surface area contributed by atoms with Crippen molar-refractivity contribution in [3.63, 3.8) is 0 Å². The molecule has 0 spiro atoms. The van der Waals surface area contributed by atoms with Crippen LogP contribution in [0, 0.1) is 12.7 Å². The maximum absolute atomic E-state index is 14.4. The van der Waals surface area contributed by atoms with Gasteiger partial charge in [-0.1, -0.05) is 6.07 Å². The molecular weight excluding hydrogens is 325 g/mol. The second-order valence-electron chi connectivity index (χ2n) is 6.42. The van der Waals surface area contributed by atoms with Gasteiger partial charge in [0, 0.05) is 18.3 Å². The van der Waals surface area contributed by atoms with Crippen molar-refractivity contribution in [1.29, 1.82) is 0 Å². The van der Waals surface area contributed by atoms with Crippen LogP contribution in [0.15, 0.2) is 18.2 Å². The van der Waals surface area contributed by atoms with Gasteiger partial charge in [0.2, 0.25) is 0 Å². The van der Waals surface area contributed by atoms with Crippen LogP contribution in [0.25, 0.3) is 5.69 Å². The number of nitrogens with zero attached hydrogens (tertiary/aromatic N) is 3. The second kappa shape index (κ2) is 6.31. The van der Waals surface area contributed by atoms with Crippen LogP contribution in [0.4, 0.5) is 4.39 Å². The molecule has 1 heterocycles. The molecule has 1 aromatic heterocycles. The highest BCUT2D eigenvalue weighted by atomic mass is 19.1. The quantitative estimate of drug-likeness (QED) is 0.923. The lowest BCUT2D eigenvalue weighted by atomic mass is 10.1. The van der Waals surface area contributed by atoms with Crippen LogP contribution >= 0.6 is 0 Å². The van der Waals surface area contributed by atoms with E-state index in [9.17, 15) is 14.0 Å². The van der Waals surface area contributed by atoms with E-state index >= 15 is 0 Å². The van der Waals surface area contributed by atoms with Crippen molar-refractivity contribution in [3.05, 3.63) is 46.5 Å². The molecule has 0 aliphatic heterocycles. The van der Waals surface area contributed by atoms with Crippen molar-refractivity contribution in [2.45, 2.75) is 39.2 Å². The molecule has 1 amide bonds. The molecule has 0 radical (unpaired) electrons. The normalized spacial score (nSPS) is 14.2. The average Bonchev–Trinajstić information content (AvgIpc) is 3.15. The molecule has 1 aromatic carbocycles. The first-order chi connectivity index (χ1) is 11.8. The lowest BCUT2D eigenvalue weighted by Gasteiger charge is -2.20. The number of aromatic nitrogens is 2. The van der Waals surface area contributed by atoms with Gasteiger partial charge < -0.3 is 10.0 Å². The molecule has 0 saturated heterocycles. The van der Waals surface area contributed by atoms with Gasteiger partial charge in [-0.3, -0.25) is 4.79 Å². The summed E-state index contributed by atoms with van der Waals surface area (Å²) in [5.41, 5.74) is 2.92. The van der Waals surface area contributed by atoms with Gasteiger partial charge >= 0.3 is 5.97 Å². The Labute approximate surface area is 144 Å². The first-order valence-corrected chi connectivity index (χ1v) is 8.18. The smallest absolute Gasteiger partial charge is 0.326 e. The first kappa shape index (κ1) is 17.1. The zero-order valence-electron chi connectivity index (χ0n) is 14.4. The minimum Gasteiger partial charge on any atom is -0.480 e. The number of halogens is 1. The van der Waals surface area contributed by atoms with E-state index in [0.29, 0.717) is 18.5 Å². The van der Waals surface area contributed by atoms with Crippen LogP contribution in [0.1, 0.15) is 40.7 Å². The highest BCUT2D eigenvalue weighted by Crippen LogP contribution is 2.29. The fourth-order valence-electron chi connectivity index (χ4n) is 3.10. The Balaban J connectivity index is 2.06. The number of hydrogen-bond donors (Lipinski definition) is 1. The number of carboxylic acids is 1. The zero-order chi connectivity index (χ0) is 18.3. The Morgan fingerprint density at radius 2 is 2.08 bits per heavy atom. The first-order valence-electron chi connectivity index (χ1n) is 8.18. The van der Waals surface area contributed by atoms with E-state index in [4.69, 9.17) is 5.11 Å². The van der Waals surface area contributed by atoms with Crippen molar-refractivity contribution in [3.8, 4) is 5.69 Å². The van der Waals surface area contributed by atoms with Crippen LogP contribution in [-0.4, -0.2) is 44.8 Å². The van der Waals surface area contributed by atoms with Crippen LogP contribution in [0.5, 0.6) is 0 Å². The molecule has 1 unspecified atom stereocenters. The number of likely N-dealkylation sites (N-methyl/N-ethyl adjacent to an activating group) is 1. The molecule has 1 atom stereocenters. The molecule has 25 heavy (non-hydrogen) atoms. The Kier molecular flexibility index (Phi) is 4.32. The number of amides is 1. The molecule has 1 aliphatic rings. The summed E-state index contributed by atoms with van der Waals surface area (Å²) in [6.45, 7) is 3.24. The van der Waals surface area contributed by atoms with E-state index in [-0.39, 0.29) is 5.69 Å². The van der Waals surface area contributed by atoms with Gasteiger partial charge in [0.05, 0.1) is 0 Å². The largest absolute Gasteiger partial charge is 0.480 e. The molecule has 7 heteroatoms. The van der Waals surface area contributed by atoms with E-state index in [1.807, 2.05) is 0 Å². The summed E-state index contributed by atoms with van der Waals surface area (Å²) in [5, 5.41) is 13.5. The third kappa shape index (κ3) is 2.90. The van der Waals surface area contributed by atoms with Gasteiger partial charge in [-0.05, 0) is 50.8 Å². The number of fused-ring (bicyclic) bond motifs is 1. The van der Waals surface area contributed by atoms with Crippen LogP contribution in [0.2, 0.25) is 0 Å². The summed E-state index contributed by atoms with van der Waals surface area (Å²) in [6.07, 6.45) is 2.25. The number of benzene rings is 1. The van der Waals surface area contributed by atoms with Gasteiger partial charge in [0.1, 0.15) is 17.5 Å². The van der Waals surface area contributed by atoms with Gasteiger partial charge in [-0.2, -0.15) is 5.10 Å². The van der Waals surface area contributed by atoms with Gasteiger partial charge in [0.25, 0.3) is 5.91 Å². The summed E-state index contributed by atoms with van der Waals surface area (Å²) in [6, 6.07) is 3.90. The zero-order valence-corrected chi connectivity index (χ0v) is 14.4. The van der Waals surface area contributed by atoms with Gasteiger partial charge in [-0.15, -0.1) is 0 Å². The molecule has 1 N–H and O–H groups in total. The summed E-state index contributed by atoms with van der Waals surface area (Å²) in [7, 11) is 1.44. The fraction of sp³-hybridized carbons (Fsp3) is 0.389. The molecule has 0 fully saturated rings. The summed E-state index contributed by atoms with van der Waals surface area (Å²) < 4.78 is 15.9. The molecular formula is C18H20FN3O3. The Hall–Kier alpha value is -2.70. The maximum Gasteiger partial charge on any atom is 0.326 e. The topological polar surface area (TPSA) is 75.4 Å². The average molecular weight is 345 g/mol. The van der Waals surface area contributed by atoms with E-state index in [2.05, 4.69) is 5.10 Å². The Morgan fingerprint density at radius 3 is 2.72 bits per heavy atom. The highest BCUT2D eigenvalue weighted by Gasteiger charge is 2.31. The number of rotatable bonds is 4. The highest BCUT2D eigenvalue weighted by molar-refractivity contribution is 5.96. The lowest BCUT2D eigenvalue weighted by molar-refractivity contribution is -0.141. The molecule has 0 bridgehead atoms. The molecule has 3 rings (SSSR count). The van der Waals surface area contributed by atoms with E-state index in [1.54, 1.807) is 19.1 Å². The van der Waals surface area contributed by atoms with E-state index in [1.165, 1.54) is 24.7 Å². The van der Waals surface area contributed by atoms with E-state index in [0.717, 1.165) is 28.1 Å². The fourth-order valence-corrected chi connectivity index (χ4v) is 3.10. The number of aryl methyl sites for hydroxylation is 1. The molecule has 132 valence electrons. The van der Waals surface area contributed by atoms with Crippen LogP contribution in [-0.2, 0) is 17.6 Å². The summed E-state index contributed by atoms with van der Waals surface area (Å²) in [5.74, 6) is -1.95. The predicted octanol–water partition coefficient (Wildman–Crippen LogP) is 2.35. The van der Waals surface area contributed by atoms with Crippen molar-refractivity contribution < 1.29 is 19.1 Å². The van der Waals surface area contributed by atoms with Crippen molar-refractivity contribution >= 4 is 11.9 Å². The third-order valence-corrected chi connectivity index (χ3v) is 4.72. The molecule has 0 saturated carbocycles. The van der Waals surface area contributed by atoms with Crippen molar-refractivity contribution in [2.75, 3.05) is 7.05 Å².